The molecule has 0 radical (unpaired) electrons. The van der Waals surface area contributed by atoms with Gasteiger partial charge in [0.25, 0.3) is 0 Å². The first-order chi connectivity index (χ1) is 6.99. The third-order valence-electron chi connectivity index (χ3n) is 2.61. The molecule has 1 unspecified atom stereocenters. The van der Waals surface area contributed by atoms with Gasteiger partial charge in [0, 0.05) is 20.5 Å². The van der Waals surface area contributed by atoms with Gasteiger partial charge < -0.3 is 10.2 Å². The van der Waals surface area contributed by atoms with E-state index in [-0.39, 0.29) is 17.7 Å². The van der Waals surface area contributed by atoms with Crippen LogP contribution in [0.4, 0.5) is 0 Å². The zero-order chi connectivity index (χ0) is 11.8. The van der Waals surface area contributed by atoms with Gasteiger partial charge in [-0.15, -0.1) is 0 Å². The number of rotatable bonds is 7. The predicted molar refractivity (Wildman–Crippen MR) is 60.7 cm³/mol. The lowest BCUT2D eigenvalue weighted by atomic mass is 10.1. The molecule has 0 aromatic heterocycles. The van der Waals surface area contributed by atoms with Crippen molar-refractivity contribution in [1.29, 1.82) is 0 Å². The van der Waals surface area contributed by atoms with E-state index in [0.29, 0.717) is 0 Å². The van der Waals surface area contributed by atoms with E-state index >= 15 is 0 Å². The summed E-state index contributed by atoms with van der Waals surface area (Å²) in [5, 5.41) is 2.98. The molecule has 0 spiro atoms. The first-order valence-electron chi connectivity index (χ1n) is 5.38. The van der Waals surface area contributed by atoms with Crippen molar-refractivity contribution >= 4 is 11.7 Å². The van der Waals surface area contributed by atoms with Crippen molar-refractivity contribution < 1.29 is 9.59 Å². The number of likely N-dealkylation sites (N-methyl/N-ethyl adjacent to an activating group) is 1. The molecule has 1 amide bonds. The topological polar surface area (TPSA) is 49.4 Å². The van der Waals surface area contributed by atoms with Crippen LogP contribution < -0.4 is 5.32 Å². The smallest absolute Gasteiger partial charge is 0.219 e. The van der Waals surface area contributed by atoms with Crippen molar-refractivity contribution in [2.75, 3.05) is 20.6 Å². The summed E-state index contributed by atoms with van der Waals surface area (Å²) >= 11 is 0. The SMILES string of the molecule is CNC(CCCCN(C)C(C)=O)C(C)=O. The second-order valence-electron chi connectivity index (χ2n) is 3.89. The lowest BCUT2D eigenvalue weighted by Gasteiger charge is -2.16. The fourth-order valence-electron chi connectivity index (χ4n) is 1.41. The maximum absolute atomic E-state index is 11.1. The van der Waals surface area contributed by atoms with E-state index in [1.165, 1.54) is 0 Å². The van der Waals surface area contributed by atoms with Gasteiger partial charge >= 0.3 is 0 Å². The number of Topliss-reactive ketones (excluding diaryl/α,β-unsaturated/α-hetero) is 1. The van der Waals surface area contributed by atoms with E-state index in [0.717, 1.165) is 25.8 Å². The molecule has 88 valence electrons. The second kappa shape index (κ2) is 7.40. The highest BCUT2D eigenvalue weighted by Gasteiger charge is 2.10. The molecule has 0 rings (SSSR count). The van der Waals surface area contributed by atoms with Crippen molar-refractivity contribution in [3.8, 4) is 0 Å². The quantitative estimate of drug-likeness (QED) is 0.638. The molecule has 0 bridgehead atoms. The van der Waals surface area contributed by atoms with E-state index in [1.54, 1.807) is 32.8 Å². The van der Waals surface area contributed by atoms with Gasteiger partial charge in [-0.05, 0) is 33.2 Å². The maximum atomic E-state index is 11.1. The van der Waals surface area contributed by atoms with Crippen molar-refractivity contribution in [3.63, 3.8) is 0 Å². The van der Waals surface area contributed by atoms with Crippen molar-refractivity contribution in [3.05, 3.63) is 0 Å². The van der Waals surface area contributed by atoms with E-state index < -0.39 is 0 Å². The minimum absolute atomic E-state index is 0.0346. The number of nitrogens with one attached hydrogen (secondary N) is 1. The minimum Gasteiger partial charge on any atom is -0.346 e. The number of hydrogen-bond donors (Lipinski definition) is 1. The number of carbonyl (C=O) groups excluding carboxylic acids is 2. The molecular weight excluding hydrogens is 192 g/mol. The van der Waals surface area contributed by atoms with E-state index in [9.17, 15) is 9.59 Å². The summed E-state index contributed by atoms with van der Waals surface area (Å²) in [6.07, 6.45) is 2.75. The van der Waals surface area contributed by atoms with Crippen LogP contribution in [-0.4, -0.2) is 43.3 Å². The van der Waals surface area contributed by atoms with E-state index in [4.69, 9.17) is 0 Å². The Morgan fingerprint density at radius 3 is 2.27 bits per heavy atom. The Morgan fingerprint density at radius 1 is 1.27 bits per heavy atom. The standard InChI is InChI=1S/C11H22N2O2/c1-9(14)11(12-3)7-5-6-8-13(4)10(2)15/h11-12H,5-8H2,1-4H3. The van der Waals surface area contributed by atoms with Crippen molar-refractivity contribution in [1.82, 2.24) is 10.2 Å². The molecular formula is C11H22N2O2. The first-order valence-corrected chi connectivity index (χ1v) is 5.38. The normalized spacial score (nSPS) is 12.3. The molecule has 0 aliphatic heterocycles. The Hall–Kier alpha value is -0.900. The highest BCUT2D eigenvalue weighted by molar-refractivity contribution is 5.81. The van der Waals surface area contributed by atoms with Crippen LogP contribution in [0.25, 0.3) is 0 Å². The molecule has 0 saturated carbocycles. The average Bonchev–Trinajstić information content (AvgIpc) is 2.16. The summed E-state index contributed by atoms with van der Waals surface area (Å²) in [5.74, 6) is 0.268. The van der Waals surface area contributed by atoms with Crippen LogP contribution in [0.1, 0.15) is 33.1 Å². The Kier molecular flexibility index (Phi) is 6.96. The molecule has 0 saturated heterocycles. The van der Waals surface area contributed by atoms with Gasteiger partial charge in [0.2, 0.25) is 5.91 Å². The third-order valence-corrected chi connectivity index (χ3v) is 2.61. The number of carbonyl (C=O) groups is 2. The van der Waals surface area contributed by atoms with Gasteiger partial charge in [-0.2, -0.15) is 0 Å². The van der Waals surface area contributed by atoms with Gasteiger partial charge in [0.15, 0.2) is 0 Å². The highest BCUT2D eigenvalue weighted by Crippen LogP contribution is 2.02. The van der Waals surface area contributed by atoms with Gasteiger partial charge in [-0.1, -0.05) is 0 Å². The summed E-state index contributed by atoms with van der Waals surface area (Å²) in [6.45, 7) is 3.93. The minimum atomic E-state index is -0.0346. The van der Waals surface area contributed by atoms with Gasteiger partial charge in [-0.25, -0.2) is 0 Å². The largest absolute Gasteiger partial charge is 0.346 e. The zero-order valence-electron chi connectivity index (χ0n) is 10.2. The summed E-state index contributed by atoms with van der Waals surface area (Å²) < 4.78 is 0. The number of ketones is 1. The fraction of sp³-hybridized carbons (Fsp3) is 0.818. The molecule has 0 heterocycles. The predicted octanol–water partition coefficient (Wildman–Crippen LogP) is 0.812. The number of amides is 1. The maximum Gasteiger partial charge on any atom is 0.219 e. The third kappa shape index (κ3) is 6.23. The van der Waals surface area contributed by atoms with Gasteiger partial charge in [-0.3, -0.25) is 9.59 Å². The summed E-state index contributed by atoms with van der Waals surface area (Å²) in [5.41, 5.74) is 0. The van der Waals surface area contributed by atoms with Crippen LogP contribution in [0.15, 0.2) is 0 Å². The first kappa shape index (κ1) is 14.1. The summed E-state index contributed by atoms with van der Waals surface area (Å²) in [7, 11) is 3.59. The zero-order valence-corrected chi connectivity index (χ0v) is 10.2. The van der Waals surface area contributed by atoms with Crippen LogP contribution in [0.2, 0.25) is 0 Å². The Labute approximate surface area is 92.0 Å². The molecule has 0 aliphatic carbocycles. The molecule has 4 nitrogen and oxygen atoms in total. The average molecular weight is 214 g/mol. The van der Waals surface area contributed by atoms with Crippen LogP contribution in [0.5, 0.6) is 0 Å². The number of unbranched alkanes of at least 4 members (excludes halogenated alkanes) is 1. The van der Waals surface area contributed by atoms with E-state index in [2.05, 4.69) is 5.32 Å². The Morgan fingerprint density at radius 2 is 1.87 bits per heavy atom. The molecule has 1 atom stereocenters. The molecule has 0 fully saturated rings. The highest BCUT2D eigenvalue weighted by atomic mass is 16.2. The lowest BCUT2D eigenvalue weighted by Crippen LogP contribution is -2.32. The lowest BCUT2D eigenvalue weighted by molar-refractivity contribution is -0.127. The van der Waals surface area contributed by atoms with E-state index in [1.807, 2.05) is 0 Å². The van der Waals surface area contributed by atoms with Crippen LogP contribution in [0, 0.1) is 0 Å². The number of nitrogens with zero attached hydrogens (tertiary/aromatic N) is 1. The monoisotopic (exact) mass is 214 g/mol. The Balaban J connectivity index is 3.61. The number of hydrogen-bond acceptors (Lipinski definition) is 3. The van der Waals surface area contributed by atoms with Gasteiger partial charge in [0.05, 0.1) is 6.04 Å². The Bertz CT molecular complexity index is 217. The van der Waals surface area contributed by atoms with Gasteiger partial charge in [0.1, 0.15) is 5.78 Å². The molecule has 1 N–H and O–H groups in total. The fourth-order valence-corrected chi connectivity index (χ4v) is 1.41. The summed E-state index contributed by atoms with van der Waals surface area (Å²) in [4.78, 5) is 23.7. The summed E-state index contributed by atoms with van der Waals surface area (Å²) in [6, 6.07) is -0.0346. The van der Waals surface area contributed by atoms with Crippen LogP contribution in [0.3, 0.4) is 0 Å². The van der Waals surface area contributed by atoms with Crippen LogP contribution in [-0.2, 0) is 9.59 Å². The van der Waals surface area contributed by atoms with Crippen LogP contribution >= 0.6 is 0 Å². The molecule has 4 heteroatoms. The molecule has 15 heavy (non-hydrogen) atoms. The molecule has 0 aromatic rings. The van der Waals surface area contributed by atoms with Crippen molar-refractivity contribution in [2.45, 2.75) is 39.2 Å². The second-order valence-corrected chi connectivity index (χ2v) is 3.89. The molecule has 0 aliphatic rings. The molecule has 0 aromatic carbocycles. The van der Waals surface area contributed by atoms with Crippen molar-refractivity contribution in [2.24, 2.45) is 0 Å².